The zero-order valence-corrected chi connectivity index (χ0v) is 18.1. The summed E-state index contributed by atoms with van der Waals surface area (Å²) in [4.78, 5) is 26.6. The Hall–Kier alpha value is -3.61. The van der Waals surface area contributed by atoms with Gasteiger partial charge in [-0.05, 0) is 49.3 Å². The van der Waals surface area contributed by atoms with Crippen molar-refractivity contribution in [2.24, 2.45) is 11.8 Å². The minimum absolute atomic E-state index is 0.0369. The molecule has 7 heteroatoms. The topological polar surface area (TPSA) is 84.7 Å². The smallest absolute Gasteiger partial charge is 0.449 e. The van der Waals surface area contributed by atoms with E-state index in [-0.39, 0.29) is 29.9 Å². The molecule has 0 radical (unpaired) electrons. The second kappa shape index (κ2) is 9.68. The van der Waals surface area contributed by atoms with E-state index < -0.39 is 6.16 Å². The maximum atomic E-state index is 13.7. The Bertz CT molecular complexity index is 1060. The number of carbonyl (C=O) groups excluding carboxylic acids is 1. The van der Waals surface area contributed by atoms with Crippen LogP contribution < -0.4 is 9.64 Å². The van der Waals surface area contributed by atoms with Gasteiger partial charge >= 0.3 is 6.16 Å². The average molecular weight is 434 g/mol. The fourth-order valence-electron chi connectivity index (χ4n) is 4.17. The maximum absolute atomic E-state index is 13.7. The van der Waals surface area contributed by atoms with Crippen molar-refractivity contribution in [2.75, 3.05) is 4.90 Å². The first-order valence-electron chi connectivity index (χ1n) is 10.9. The molecule has 0 spiro atoms. The van der Waals surface area contributed by atoms with Crippen molar-refractivity contribution in [1.29, 1.82) is 0 Å². The van der Waals surface area contributed by atoms with Crippen LogP contribution in [0.5, 0.6) is 5.75 Å². The van der Waals surface area contributed by atoms with Gasteiger partial charge in [0, 0.05) is 5.92 Å². The molecule has 1 aliphatic carbocycles. The molecule has 2 aromatic carbocycles. The van der Waals surface area contributed by atoms with E-state index in [1.807, 2.05) is 60.7 Å². The number of benzene rings is 2. The highest BCUT2D eigenvalue weighted by Gasteiger charge is 2.32. The lowest BCUT2D eigenvalue weighted by Crippen LogP contribution is -2.38. The number of aromatic nitrogens is 2. The van der Waals surface area contributed by atoms with Gasteiger partial charge in [0.25, 0.3) is 0 Å². The number of carbonyl (C=O) groups is 2. The lowest BCUT2D eigenvalue weighted by Gasteiger charge is -2.30. The molecule has 1 N–H and O–H groups in total. The third-order valence-corrected chi connectivity index (χ3v) is 5.95. The summed E-state index contributed by atoms with van der Waals surface area (Å²) in [6.07, 6.45) is 3.71. The van der Waals surface area contributed by atoms with Gasteiger partial charge in [0.2, 0.25) is 11.7 Å². The Morgan fingerprint density at radius 2 is 1.66 bits per heavy atom. The summed E-state index contributed by atoms with van der Waals surface area (Å²) in [7, 11) is 0. The number of amides is 1. The first kappa shape index (κ1) is 21.6. The van der Waals surface area contributed by atoms with Crippen LogP contribution in [0.3, 0.4) is 0 Å². The Morgan fingerprint density at radius 3 is 2.28 bits per heavy atom. The number of rotatable bonds is 6. The second-order valence-corrected chi connectivity index (χ2v) is 8.33. The first-order valence-corrected chi connectivity index (χ1v) is 10.9. The van der Waals surface area contributed by atoms with Crippen molar-refractivity contribution < 1.29 is 19.4 Å². The SMILES string of the molecule is C[C@H]1CC[C@H](C(=O)N(Cc2ccccc2)c2nn(-c3ccccc3)cc2OC(=O)O)CC1. The quantitative estimate of drug-likeness (QED) is 0.534. The maximum Gasteiger partial charge on any atom is 0.511 e. The van der Waals surface area contributed by atoms with Gasteiger partial charge in [0.1, 0.15) is 0 Å². The average Bonchev–Trinajstić information content (AvgIpc) is 3.21. The van der Waals surface area contributed by atoms with Crippen LogP contribution in [0, 0.1) is 11.8 Å². The predicted molar refractivity (Wildman–Crippen MR) is 121 cm³/mol. The lowest BCUT2D eigenvalue weighted by atomic mass is 9.82. The molecule has 1 heterocycles. The molecule has 0 bridgehead atoms. The fraction of sp³-hybridized carbons (Fsp3) is 0.320. The van der Waals surface area contributed by atoms with Gasteiger partial charge in [-0.2, -0.15) is 0 Å². The van der Waals surface area contributed by atoms with Crippen LogP contribution in [0.4, 0.5) is 10.6 Å². The number of hydrogen-bond acceptors (Lipinski definition) is 4. The second-order valence-electron chi connectivity index (χ2n) is 8.33. The molecule has 166 valence electrons. The highest BCUT2D eigenvalue weighted by molar-refractivity contribution is 5.95. The highest BCUT2D eigenvalue weighted by Crippen LogP contribution is 2.35. The van der Waals surface area contributed by atoms with Gasteiger partial charge in [-0.15, -0.1) is 5.10 Å². The Kier molecular flexibility index (Phi) is 6.54. The third kappa shape index (κ3) is 4.99. The summed E-state index contributed by atoms with van der Waals surface area (Å²) in [6, 6.07) is 19.0. The van der Waals surface area contributed by atoms with Crippen LogP contribution in [-0.4, -0.2) is 26.9 Å². The molecule has 7 nitrogen and oxygen atoms in total. The Morgan fingerprint density at radius 1 is 1.03 bits per heavy atom. The molecule has 1 aliphatic rings. The molecule has 1 saturated carbocycles. The summed E-state index contributed by atoms with van der Waals surface area (Å²) in [5.74, 6) is 0.701. The van der Waals surface area contributed by atoms with E-state index in [2.05, 4.69) is 12.0 Å². The normalized spacial score (nSPS) is 18.2. The first-order chi connectivity index (χ1) is 15.5. The van der Waals surface area contributed by atoms with E-state index >= 15 is 0 Å². The van der Waals surface area contributed by atoms with E-state index in [1.165, 1.54) is 6.20 Å². The van der Waals surface area contributed by atoms with Gasteiger partial charge in [-0.3, -0.25) is 9.69 Å². The van der Waals surface area contributed by atoms with Crippen molar-refractivity contribution in [3.8, 4) is 11.4 Å². The van der Waals surface area contributed by atoms with Gasteiger partial charge in [-0.1, -0.05) is 55.5 Å². The number of para-hydroxylation sites is 1. The lowest BCUT2D eigenvalue weighted by molar-refractivity contribution is -0.123. The number of ether oxygens (including phenoxy) is 1. The van der Waals surface area contributed by atoms with Crippen LogP contribution in [-0.2, 0) is 11.3 Å². The largest absolute Gasteiger partial charge is 0.511 e. The van der Waals surface area contributed by atoms with Gasteiger partial charge < -0.3 is 9.84 Å². The summed E-state index contributed by atoms with van der Waals surface area (Å²) in [5.41, 5.74) is 1.67. The monoisotopic (exact) mass is 433 g/mol. The van der Waals surface area contributed by atoms with Crippen LogP contribution in [0.25, 0.3) is 5.69 Å². The van der Waals surface area contributed by atoms with Crippen LogP contribution in [0.2, 0.25) is 0 Å². The van der Waals surface area contributed by atoms with E-state index in [9.17, 15) is 14.7 Å². The molecule has 1 amide bonds. The van der Waals surface area contributed by atoms with Gasteiger partial charge in [0.05, 0.1) is 18.4 Å². The molecule has 3 aromatic rings. The van der Waals surface area contributed by atoms with Crippen LogP contribution >= 0.6 is 0 Å². The molecule has 0 aliphatic heterocycles. The molecular weight excluding hydrogens is 406 g/mol. The molecular formula is C25H27N3O4. The molecule has 1 aromatic heterocycles. The molecule has 0 unspecified atom stereocenters. The zero-order chi connectivity index (χ0) is 22.5. The van der Waals surface area contributed by atoms with Gasteiger partial charge in [-0.25, -0.2) is 9.48 Å². The third-order valence-electron chi connectivity index (χ3n) is 5.95. The minimum Gasteiger partial charge on any atom is -0.449 e. The van der Waals surface area contributed by atoms with Crippen LogP contribution in [0.15, 0.2) is 66.9 Å². The molecule has 32 heavy (non-hydrogen) atoms. The summed E-state index contributed by atoms with van der Waals surface area (Å²) < 4.78 is 6.60. The van der Waals surface area contributed by atoms with E-state index in [1.54, 1.807) is 9.58 Å². The van der Waals surface area contributed by atoms with E-state index in [4.69, 9.17) is 4.74 Å². The fourth-order valence-corrected chi connectivity index (χ4v) is 4.17. The molecule has 1 fully saturated rings. The molecule has 0 saturated heterocycles. The standard InChI is InChI=1S/C25H27N3O4/c1-18-12-14-20(15-13-18)24(29)27(16-19-8-4-2-5-9-19)23-22(32-25(30)31)17-28(26-23)21-10-6-3-7-11-21/h2-11,17-18,20H,12-16H2,1H3,(H,30,31)/t18-,20-. The van der Waals surface area contributed by atoms with Crippen LogP contribution in [0.1, 0.15) is 38.2 Å². The highest BCUT2D eigenvalue weighted by atomic mass is 16.7. The Labute approximate surface area is 187 Å². The summed E-state index contributed by atoms with van der Waals surface area (Å²) >= 11 is 0. The number of anilines is 1. The van der Waals surface area contributed by atoms with Crippen molar-refractivity contribution in [3.05, 3.63) is 72.4 Å². The van der Waals surface area contributed by atoms with Crippen molar-refractivity contribution in [2.45, 2.75) is 39.2 Å². The minimum atomic E-state index is -1.45. The van der Waals surface area contributed by atoms with Crippen molar-refractivity contribution >= 4 is 17.9 Å². The zero-order valence-electron chi connectivity index (χ0n) is 18.1. The predicted octanol–water partition coefficient (Wildman–Crippen LogP) is 5.29. The van der Waals surface area contributed by atoms with Gasteiger partial charge in [0.15, 0.2) is 5.75 Å². The van der Waals surface area contributed by atoms with Crippen molar-refractivity contribution in [1.82, 2.24) is 9.78 Å². The summed E-state index contributed by atoms with van der Waals surface area (Å²) in [5, 5.41) is 13.9. The number of hydrogen-bond donors (Lipinski definition) is 1. The van der Waals surface area contributed by atoms with Crippen molar-refractivity contribution in [3.63, 3.8) is 0 Å². The van der Waals surface area contributed by atoms with E-state index in [0.29, 0.717) is 5.92 Å². The Balaban J connectivity index is 1.74. The molecule has 0 atom stereocenters. The molecule has 4 rings (SSSR count). The number of nitrogens with zero attached hydrogens (tertiary/aromatic N) is 3. The number of carboxylic acid groups (broad SMARTS) is 1. The summed E-state index contributed by atoms with van der Waals surface area (Å²) in [6.45, 7) is 2.50. The van der Waals surface area contributed by atoms with E-state index in [0.717, 1.165) is 36.9 Å².